The van der Waals surface area contributed by atoms with E-state index in [4.69, 9.17) is 0 Å². The number of carbonyl (C=O) groups is 1. The number of hydrogen-bond acceptors (Lipinski definition) is 2. The van der Waals surface area contributed by atoms with Crippen LogP contribution in [-0.2, 0) is 0 Å². The molecule has 1 aromatic heterocycles. The van der Waals surface area contributed by atoms with Gasteiger partial charge in [0.15, 0.2) is 0 Å². The molecule has 1 fully saturated rings. The number of hydrogen-bond donors (Lipinski definition) is 2. The molecule has 3 rings (SSSR count). The van der Waals surface area contributed by atoms with E-state index in [1.807, 2.05) is 36.5 Å². The molecule has 0 bridgehead atoms. The van der Waals surface area contributed by atoms with Crippen LogP contribution in [0.15, 0.2) is 42.7 Å². The maximum Gasteiger partial charge on any atom is 0.253 e. The number of carbonyl (C=O) groups excluding carboxylic acids is 1. The molecule has 116 valence electrons. The summed E-state index contributed by atoms with van der Waals surface area (Å²) in [6.45, 7) is 6.39. The normalized spacial score (nSPS) is 18.8. The van der Waals surface area contributed by atoms with E-state index in [0.717, 1.165) is 30.6 Å². The molecule has 0 radical (unpaired) electrons. The molecule has 1 aromatic carbocycles. The Balaban J connectivity index is 1.71. The SMILES string of the molecule is CC(C)N1CCC(NC(=O)c2c[nH]cc2-c2ccccc2)C1. The fourth-order valence-electron chi connectivity index (χ4n) is 3.05. The minimum Gasteiger partial charge on any atom is -0.366 e. The Kier molecular flexibility index (Phi) is 4.29. The topological polar surface area (TPSA) is 48.1 Å². The summed E-state index contributed by atoms with van der Waals surface area (Å²) in [6.07, 6.45) is 4.70. The van der Waals surface area contributed by atoms with Crippen molar-refractivity contribution in [2.45, 2.75) is 32.4 Å². The predicted molar refractivity (Wildman–Crippen MR) is 88.8 cm³/mol. The molecule has 1 amide bonds. The molecule has 1 aliphatic rings. The van der Waals surface area contributed by atoms with E-state index < -0.39 is 0 Å². The van der Waals surface area contributed by atoms with Crippen molar-refractivity contribution < 1.29 is 4.79 Å². The first-order valence-electron chi connectivity index (χ1n) is 7.92. The summed E-state index contributed by atoms with van der Waals surface area (Å²) in [6, 6.07) is 10.8. The standard InChI is InChI=1S/C18H23N3O/c1-13(2)21-9-8-15(12-21)20-18(22)17-11-19-10-16(17)14-6-4-3-5-7-14/h3-7,10-11,13,15,19H,8-9,12H2,1-2H3,(H,20,22). The molecule has 1 unspecified atom stereocenters. The van der Waals surface area contributed by atoms with Gasteiger partial charge in [0.1, 0.15) is 0 Å². The van der Waals surface area contributed by atoms with Gasteiger partial charge in [0.25, 0.3) is 5.91 Å². The first kappa shape index (κ1) is 14.9. The third-order valence-electron chi connectivity index (χ3n) is 4.36. The van der Waals surface area contributed by atoms with Crippen LogP contribution in [0.3, 0.4) is 0 Å². The Morgan fingerprint density at radius 1 is 1.27 bits per heavy atom. The Hall–Kier alpha value is -2.07. The minimum atomic E-state index is 0.00992. The molecule has 2 aromatic rings. The highest BCUT2D eigenvalue weighted by Gasteiger charge is 2.26. The average molecular weight is 297 g/mol. The van der Waals surface area contributed by atoms with Crippen molar-refractivity contribution in [1.82, 2.24) is 15.2 Å². The van der Waals surface area contributed by atoms with Crippen LogP contribution in [0.4, 0.5) is 0 Å². The molecule has 4 heteroatoms. The van der Waals surface area contributed by atoms with Gasteiger partial charge in [0.2, 0.25) is 0 Å². The van der Waals surface area contributed by atoms with Crippen molar-refractivity contribution in [2.75, 3.05) is 13.1 Å². The van der Waals surface area contributed by atoms with Crippen LogP contribution in [0, 0.1) is 0 Å². The number of likely N-dealkylation sites (tertiary alicyclic amines) is 1. The summed E-state index contributed by atoms with van der Waals surface area (Å²) in [5.41, 5.74) is 2.73. The second-order valence-corrected chi connectivity index (χ2v) is 6.20. The number of nitrogens with one attached hydrogen (secondary N) is 2. The van der Waals surface area contributed by atoms with E-state index in [1.54, 1.807) is 6.20 Å². The number of benzene rings is 1. The number of rotatable bonds is 4. The van der Waals surface area contributed by atoms with Crippen LogP contribution in [0.1, 0.15) is 30.6 Å². The molecule has 2 heterocycles. The zero-order valence-corrected chi connectivity index (χ0v) is 13.2. The van der Waals surface area contributed by atoms with Gasteiger partial charge in [-0.3, -0.25) is 9.69 Å². The largest absolute Gasteiger partial charge is 0.366 e. The zero-order valence-electron chi connectivity index (χ0n) is 13.2. The fourth-order valence-corrected chi connectivity index (χ4v) is 3.05. The molecule has 0 saturated carbocycles. The lowest BCUT2D eigenvalue weighted by Gasteiger charge is -2.20. The van der Waals surface area contributed by atoms with Gasteiger partial charge in [-0.1, -0.05) is 30.3 Å². The highest BCUT2D eigenvalue weighted by Crippen LogP contribution is 2.23. The smallest absolute Gasteiger partial charge is 0.253 e. The second-order valence-electron chi connectivity index (χ2n) is 6.20. The number of H-pyrrole nitrogens is 1. The molecular formula is C18H23N3O. The average Bonchev–Trinajstić information content (AvgIpc) is 3.17. The summed E-state index contributed by atoms with van der Waals surface area (Å²) < 4.78 is 0. The van der Waals surface area contributed by atoms with Gasteiger partial charge in [0, 0.05) is 43.1 Å². The van der Waals surface area contributed by atoms with E-state index in [2.05, 4.69) is 29.0 Å². The molecule has 1 atom stereocenters. The lowest BCUT2D eigenvalue weighted by Crippen LogP contribution is -2.38. The summed E-state index contributed by atoms with van der Waals surface area (Å²) in [5, 5.41) is 3.18. The Bertz CT molecular complexity index is 633. The van der Waals surface area contributed by atoms with E-state index in [-0.39, 0.29) is 11.9 Å². The van der Waals surface area contributed by atoms with Crippen molar-refractivity contribution in [3.05, 3.63) is 48.3 Å². The van der Waals surface area contributed by atoms with Gasteiger partial charge < -0.3 is 10.3 Å². The lowest BCUT2D eigenvalue weighted by molar-refractivity contribution is 0.0937. The monoisotopic (exact) mass is 297 g/mol. The van der Waals surface area contributed by atoms with Crippen LogP contribution < -0.4 is 5.32 Å². The maximum atomic E-state index is 12.6. The van der Waals surface area contributed by atoms with E-state index >= 15 is 0 Å². The zero-order chi connectivity index (χ0) is 15.5. The van der Waals surface area contributed by atoms with Gasteiger partial charge in [-0.05, 0) is 25.8 Å². The number of aromatic amines is 1. The Labute approximate surface area is 131 Å². The van der Waals surface area contributed by atoms with Crippen molar-refractivity contribution in [2.24, 2.45) is 0 Å². The molecule has 1 aliphatic heterocycles. The summed E-state index contributed by atoms with van der Waals surface area (Å²) >= 11 is 0. The van der Waals surface area contributed by atoms with Crippen LogP contribution in [0.2, 0.25) is 0 Å². The summed E-state index contributed by atoms with van der Waals surface area (Å²) in [5.74, 6) is 0.00992. The highest BCUT2D eigenvalue weighted by atomic mass is 16.1. The van der Waals surface area contributed by atoms with Gasteiger partial charge in [-0.25, -0.2) is 0 Å². The molecular weight excluding hydrogens is 274 g/mol. The van der Waals surface area contributed by atoms with Crippen LogP contribution in [0.25, 0.3) is 11.1 Å². The Morgan fingerprint density at radius 3 is 2.73 bits per heavy atom. The number of amides is 1. The van der Waals surface area contributed by atoms with E-state index in [9.17, 15) is 4.79 Å². The summed E-state index contributed by atoms with van der Waals surface area (Å²) in [7, 11) is 0. The lowest BCUT2D eigenvalue weighted by atomic mass is 10.0. The number of aromatic nitrogens is 1. The van der Waals surface area contributed by atoms with E-state index in [0.29, 0.717) is 11.6 Å². The van der Waals surface area contributed by atoms with Gasteiger partial charge in [-0.15, -0.1) is 0 Å². The maximum absolute atomic E-state index is 12.6. The third-order valence-corrected chi connectivity index (χ3v) is 4.36. The van der Waals surface area contributed by atoms with Crippen molar-refractivity contribution >= 4 is 5.91 Å². The van der Waals surface area contributed by atoms with Crippen molar-refractivity contribution in [3.8, 4) is 11.1 Å². The third kappa shape index (κ3) is 3.07. The second kappa shape index (κ2) is 6.36. The molecule has 22 heavy (non-hydrogen) atoms. The van der Waals surface area contributed by atoms with Crippen LogP contribution in [0.5, 0.6) is 0 Å². The number of nitrogens with zero attached hydrogens (tertiary/aromatic N) is 1. The first-order chi connectivity index (χ1) is 10.6. The molecule has 4 nitrogen and oxygen atoms in total. The van der Waals surface area contributed by atoms with E-state index in [1.165, 1.54) is 0 Å². The molecule has 2 N–H and O–H groups in total. The molecule has 1 saturated heterocycles. The molecule has 0 spiro atoms. The first-order valence-corrected chi connectivity index (χ1v) is 7.92. The van der Waals surface area contributed by atoms with Crippen LogP contribution >= 0.6 is 0 Å². The van der Waals surface area contributed by atoms with Crippen molar-refractivity contribution in [3.63, 3.8) is 0 Å². The predicted octanol–water partition coefficient (Wildman–Crippen LogP) is 2.89. The Morgan fingerprint density at radius 2 is 2.05 bits per heavy atom. The van der Waals surface area contributed by atoms with Gasteiger partial charge in [-0.2, -0.15) is 0 Å². The summed E-state index contributed by atoms with van der Waals surface area (Å²) in [4.78, 5) is 18.0. The van der Waals surface area contributed by atoms with Crippen LogP contribution in [-0.4, -0.2) is 41.0 Å². The highest BCUT2D eigenvalue weighted by molar-refractivity contribution is 6.00. The minimum absolute atomic E-state index is 0.00992. The molecule has 0 aliphatic carbocycles. The van der Waals surface area contributed by atoms with Gasteiger partial charge >= 0.3 is 0 Å². The fraction of sp³-hybridized carbons (Fsp3) is 0.389. The van der Waals surface area contributed by atoms with Crippen molar-refractivity contribution in [1.29, 1.82) is 0 Å². The van der Waals surface area contributed by atoms with Gasteiger partial charge in [0.05, 0.1) is 5.56 Å². The quantitative estimate of drug-likeness (QED) is 0.911.